The summed E-state index contributed by atoms with van der Waals surface area (Å²) in [6.07, 6.45) is -0.734. The summed E-state index contributed by atoms with van der Waals surface area (Å²) in [7, 11) is -15.1. The molecule has 3 unspecified atom stereocenters. The van der Waals surface area contributed by atoms with E-state index in [1.807, 2.05) is 30.3 Å². The van der Waals surface area contributed by atoms with Crippen LogP contribution in [0.2, 0.25) is 0 Å². The van der Waals surface area contributed by atoms with Crippen molar-refractivity contribution in [1.29, 1.82) is 0 Å². The van der Waals surface area contributed by atoms with Gasteiger partial charge in [0.2, 0.25) is 12.0 Å². The van der Waals surface area contributed by atoms with Gasteiger partial charge in [-0.3, -0.25) is 45.4 Å². The lowest BCUT2D eigenvalue weighted by atomic mass is 10.2. The number of hydrogen-bond acceptors (Lipinski definition) is 29. The van der Waals surface area contributed by atoms with E-state index < -0.39 is 105 Å². The highest BCUT2D eigenvalue weighted by Gasteiger charge is 2.48. The number of nitrogens with two attached hydrogens (primary N) is 4. The Hall–Kier alpha value is -7.25. The third-order valence-electron chi connectivity index (χ3n) is 13.9. The van der Waals surface area contributed by atoms with E-state index in [0.29, 0.717) is 29.0 Å². The van der Waals surface area contributed by atoms with Gasteiger partial charge in [0.1, 0.15) is 66.9 Å². The molecule has 37 nitrogen and oxygen atoms in total. The first kappa shape index (κ1) is 58.1. The zero-order chi connectivity index (χ0) is 59.2. The molecule has 0 spiro atoms. The molecule has 11 heterocycles. The van der Waals surface area contributed by atoms with Gasteiger partial charge in [0.05, 0.1) is 76.9 Å². The number of nitrogen functional groups attached to an aromatic ring is 4. The number of aliphatic hydroxyl groups excluding tert-OH is 1. The summed E-state index contributed by atoms with van der Waals surface area (Å²) in [5, 5.41) is 10.1. The third-order valence-corrected chi connectivity index (χ3v) is 16.9. The molecule has 3 aliphatic heterocycles. The van der Waals surface area contributed by atoms with Crippen LogP contribution in [0.4, 0.5) is 23.3 Å². The molecule has 0 bridgehead atoms. The molecule has 8 aromatic heterocycles. The number of hydrogen-bond donors (Lipinski definition) is 8. The minimum atomic E-state index is -5.16. The number of anilines is 4. The molecular weight excluding hydrogens is 1190 g/mol. The first-order valence-electron chi connectivity index (χ1n) is 25.8. The number of aromatic nitrogens is 16. The second-order valence-electron chi connectivity index (χ2n) is 19.5. The van der Waals surface area contributed by atoms with E-state index in [1.54, 1.807) is 9.13 Å². The first-order chi connectivity index (χ1) is 40.9. The van der Waals surface area contributed by atoms with Crippen LogP contribution in [0, 0.1) is 0 Å². The predicted molar refractivity (Wildman–Crippen MR) is 287 cm³/mol. The SMILES string of the molecule is Nc1ncnc2c1ncn2COCCOP(=O)(O)O[C@@H]1C[C@@H](COP(=O)(O)O[C@@H]2C[C@@H](COP(=O)(O)O[C@@H]3C[C@@H](CO)O[C@H]3n3cnc4c(N)[n+](Cc5ccccc5)cnc43)O[C@H]2n2cnc3c(N)ncnc32)O[C@H]1n1cnc2c(N)ncnc21. The molecule has 3 fully saturated rings. The summed E-state index contributed by atoms with van der Waals surface area (Å²) in [6, 6.07) is 9.57. The zero-order valence-electron chi connectivity index (χ0n) is 44.2. The number of ether oxygens (including phenoxy) is 4. The van der Waals surface area contributed by atoms with Gasteiger partial charge in [-0.2, -0.15) is 0 Å². The Morgan fingerprint density at radius 3 is 1.52 bits per heavy atom. The van der Waals surface area contributed by atoms with E-state index in [2.05, 4.69) is 54.8 Å². The number of aliphatic hydroxyl groups is 1. The Morgan fingerprint density at radius 1 is 0.541 bits per heavy atom. The second-order valence-corrected chi connectivity index (χ2v) is 23.7. The lowest BCUT2D eigenvalue weighted by Crippen LogP contribution is -2.38. The van der Waals surface area contributed by atoms with Crippen LogP contribution in [0.15, 0.2) is 81.0 Å². The Labute approximate surface area is 477 Å². The van der Waals surface area contributed by atoms with Crippen LogP contribution in [0.1, 0.15) is 43.5 Å². The van der Waals surface area contributed by atoms with E-state index >= 15 is 0 Å². The van der Waals surface area contributed by atoms with Crippen LogP contribution < -0.4 is 27.5 Å². The molecule has 3 aliphatic rings. The van der Waals surface area contributed by atoms with E-state index in [9.17, 15) is 33.5 Å². The second kappa shape index (κ2) is 23.9. The molecule has 9 aromatic rings. The van der Waals surface area contributed by atoms with Crippen molar-refractivity contribution in [2.75, 3.05) is 56.0 Å². The maximum absolute atomic E-state index is 14.0. The van der Waals surface area contributed by atoms with Gasteiger partial charge in [-0.15, -0.1) is 0 Å². The smallest absolute Gasteiger partial charge is 0.394 e. The van der Waals surface area contributed by atoms with Gasteiger partial charge in [0, 0.05) is 19.3 Å². The van der Waals surface area contributed by atoms with Gasteiger partial charge < -0.3 is 61.7 Å². The van der Waals surface area contributed by atoms with Crippen LogP contribution in [-0.4, -0.2) is 163 Å². The van der Waals surface area contributed by atoms with Crippen molar-refractivity contribution in [1.82, 2.24) is 73.1 Å². The molecule has 85 heavy (non-hydrogen) atoms. The molecule has 0 radical (unpaired) electrons. The molecule has 0 amide bonds. The molecule has 3 saturated heterocycles. The van der Waals surface area contributed by atoms with Gasteiger partial charge in [-0.25, -0.2) is 68.1 Å². The van der Waals surface area contributed by atoms with Crippen molar-refractivity contribution in [2.45, 2.75) is 87.8 Å². The van der Waals surface area contributed by atoms with E-state index in [0.717, 1.165) is 11.9 Å². The van der Waals surface area contributed by atoms with Gasteiger partial charge in [0.25, 0.3) is 5.82 Å². The molecule has 40 heteroatoms. The Morgan fingerprint density at radius 2 is 0.988 bits per heavy atom. The predicted octanol–water partition coefficient (Wildman–Crippen LogP) is 0.951. The standard InChI is InChI=1S/C45H53N20O17P3/c46-35-31-39(53-15-50-35)62(18-56-31)23-73-6-7-74-83(67,68)80-29-9-26(78-44(29)63-20-57-32-36(47)51-16-54-40(32)63)13-76-85(71,72)82-30-10-27(79-45(30)64-21-58-33-37(48)52-17-55-41(33)64)14-75-84(69,70)81-28-8-25(12-66)77-43(28)65-22-59-34-38(49)61(19-60-42(34)65)11-24-4-2-1-3-5-24/h1-5,15-22,25-30,43-45,49,66H,6-14,23H2,(H9,46,47,48,50,51,52,53,54,55,67,68,69,70,71,72)/p+1/t25-,26-,27-,28+,29+,30+,43+,44+,45+/m0/s1. The summed E-state index contributed by atoms with van der Waals surface area (Å²) in [5.74, 6) is 0.505. The number of phosphoric acid groups is 3. The summed E-state index contributed by atoms with van der Waals surface area (Å²) < 4.78 is 106. The maximum Gasteiger partial charge on any atom is 0.472 e. The van der Waals surface area contributed by atoms with Crippen LogP contribution in [-0.2, 0) is 73.1 Å². The van der Waals surface area contributed by atoms with Crippen molar-refractivity contribution in [2.24, 2.45) is 0 Å². The van der Waals surface area contributed by atoms with Crippen LogP contribution in [0.5, 0.6) is 0 Å². The number of rotatable bonds is 24. The number of fused-ring (bicyclic) bond motifs is 4. The fourth-order valence-electron chi connectivity index (χ4n) is 10.0. The largest absolute Gasteiger partial charge is 0.472 e. The molecule has 450 valence electrons. The van der Waals surface area contributed by atoms with Crippen molar-refractivity contribution in [3.05, 3.63) is 86.5 Å². The van der Waals surface area contributed by atoms with Crippen molar-refractivity contribution in [3.63, 3.8) is 0 Å². The molecule has 12 rings (SSSR count). The average molecular weight is 1240 g/mol. The highest BCUT2D eigenvalue weighted by atomic mass is 31.2. The first-order valence-corrected chi connectivity index (χ1v) is 30.3. The van der Waals surface area contributed by atoms with Gasteiger partial charge in [-0.1, -0.05) is 35.3 Å². The number of nitrogens with zero attached hydrogens (tertiary/aromatic N) is 16. The van der Waals surface area contributed by atoms with E-state index in [-0.39, 0.29) is 78.0 Å². The minimum Gasteiger partial charge on any atom is -0.394 e. The molecule has 0 aliphatic carbocycles. The molecule has 12 atom stereocenters. The van der Waals surface area contributed by atoms with Crippen molar-refractivity contribution >= 4 is 91.4 Å². The average Bonchev–Trinajstić information content (AvgIpc) is 2.06. The highest BCUT2D eigenvalue weighted by Crippen LogP contribution is 2.54. The van der Waals surface area contributed by atoms with Gasteiger partial charge in [0.15, 0.2) is 58.6 Å². The third kappa shape index (κ3) is 12.4. The number of benzene rings is 1. The Balaban J connectivity index is 0.707. The van der Waals surface area contributed by atoms with E-state index in [1.165, 1.54) is 58.0 Å². The lowest BCUT2D eigenvalue weighted by molar-refractivity contribution is -0.675. The van der Waals surface area contributed by atoms with Gasteiger partial charge >= 0.3 is 23.5 Å². The minimum absolute atomic E-state index is 0.00846. The summed E-state index contributed by atoms with van der Waals surface area (Å²) in [4.78, 5) is 79.8. The maximum atomic E-state index is 14.0. The topological polar surface area (TPSA) is 494 Å². The zero-order valence-corrected chi connectivity index (χ0v) is 46.9. The summed E-state index contributed by atoms with van der Waals surface area (Å²) in [6.45, 7) is -2.01. The summed E-state index contributed by atoms with van der Waals surface area (Å²) >= 11 is 0. The number of imidazole rings is 4. The molecular formula is C45H54N20O17P3+. The van der Waals surface area contributed by atoms with E-state index in [4.69, 9.17) is 69.0 Å². The van der Waals surface area contributed by atoms with Gasteiger partial charge in [-0.05, 0) is 5.56 Å². The van der Waals surface area contributed by atoms with Crippen LogP contribution in [0.25, 0.3) is 44.7 Å². The molecule has 12 N–H and O–H groups in total. The quantitative estimate of drug-likeness (QED) is 0.0237. The van der Waals surface area contributed by atoms with Crippen LogP contribution in [0.3, 0.4) is 0 Å². The fraction of sp³-hybridized carbons (Fsp3) is 0.422. The van der Waals surface area contributed by atoms with Crippen molar-refractivity contribution < 1.29 is 84.1 Å². The molecule has 1 aromatic carbocycles. The fourth-order valence-corrected chi connectivity index (χ4v) is 12.8. The summed E-state index contributed by atoms with van der Waals surface area (Å²) in [5.41, 5.74) is 27.5. The van der Waals surface area contributed by atoms with Crippen molar-refractivity contribution in [3.8, 4) is 0 Å². The lowest BCUT2D eigenvalue weighted by Gasteiger charge is -2.23. The number of phosphoric ester groups is 3. The normalized spacial score (nSPS) is 24.9. The molecule has 0 saturated carbocycles. The van der Waals surface area contributed by atoms with Crippen LogP contribution >= 0.6 is 23.5 Å². The highest BCUT2D eigenvalue weighted by molar-refractivity contribution is 7.48. The Bertz CT molecular complexity index is 4030. The monoisotopic (exact) mass is 1240 g/mol. The Kier molecular flexibility index (Phi) is 16.3.